The fourth-order valence-electron chi connectivity index (χ4n) is 2.20. The summed E-state index contributed by atoms with van der Waals surface area (Å²) >= 11 is 0. The zero-order valence-electron chi connectivity index (χ0n) is 11.8. The maximum absolute atomic E-state index is 5.92. The molecular weight excluding hydrogens is 222 g/mol. The van der Waals surface area contributed by atoms with Crippen LogP contribution in [0.25, 0.3) is 11.0 Å². The van der Waals surface area contributed by atoms with Crippen LogP contribution in [0.3, 0.4) is 0 Å². The van der Waals surface area contributed by atoms with Crippen molar-refractivity contribution in [3.63, 3.8) is 0 Å². The second kappa shape index (κ2) is 5.57. The lowest BCUT2D eigenvalue weighted by Crippen LogP contribution is -2.13. The van der Waals surface area contributed by atoms with Crippen LogP contribution in [-0.2, 0) is 6.54 Å². The van der Waals surface area contributed by atoms with E-state index in [1.165, 1.54) is 16.5 Å². The maximum atomic E-state index is 5.92. The van der Waals surface area contributed by atoms with Gasteiger partial charge in [-0.2, -0.15) is 0 Å². The summed E-state index contributed by atoms with van der Waals surface area (Å²) < 4.78 is 5.92. The second-order valence-corrected chi connectivity index (χ2v) is 5.24. The Morgan fingerprint density at radius 3 is 2.72 bits per heavy atom. The van der Waals surface area contributed by atoms with E-state index in [0.717, 1.165) is 30.9 Å². The Kier molecular flexibility index (Phi) is 4.07. The van der Waals surface area contributed by atoms with E-state index < -0.39 is 0 Å². The Hall–Kier alpha value is -1.28. The Morgan fingerprint density at radius 1 is 1.28 bits per heavy atom. The first-order valence-corrected chi connectivity index (χ1v) is 6.86. The Balaban J connectivity index is 2.31. The highest BCUT2D eigenvalue weighted by molar-refractivity contribution is 5.82. The van der Waals surface area contributed by atoms with Gasteiger partial charge in [0.05, 0.1) is 6.54 Å². The molecule has 2 aromatic rings. The van der Waals surface area contributed by atoms with E-state index in [1.54, 1.807) is 0 Å². The predicted octanol–water partition coefficient (Wildman–Crippen LogP) is 4.36. The molecule has 2 heteroatoms. The summed E-state index contributed by atoms with van der Waals surface area (Å²) in [6.45, 7) is 10.6. The van der Waals surface area contributed by atoms with Crippen molar-refractivity contribution < 1.29 is 4.42 Å². The molecule has 98 valence electrons. The fraction of sp³-hybridized carbons (Fsp3) is 0.500. The summed E-state index contributed by atoms with van der Waals surface area (Å²) in [6.07, 6.45) is 1.15. The van der Waals surface area contributed by atoms with E-state index >= 15 is 0 Å². The van der Waals surface area contributed by atoms with Crippen LogP contribution >= 0.6 is 0 Å². The van der Waals surface area contributed by atoms with Gasteiger partial charge in [-0.1, -0.05) is 26.8 Å². The van der Waals surface area contributed by atoms with Gasteiger partial charge in [0.25, 0.3) is 0 Å². The number of hydrogen-bond acceptors (Lipinski definition) is 2. The van der Waals surface area contributed by atoms with Gasteiger partial charge in [-0.25, -0.2) is 0 Å². The van der Waals surface area contributed by atoms with Gasteiger partial charge in [0.2, 0.25) is 0 Å². The number of fused-ring (bicyclic) bond motifs is 1. The standard InChI is InChI=1S/C16H23NO/c1-5-8-17-10-16-12(4)14-9-13(11(2)3)6-7-15(14)18-16/h6-7,9,11,17H,5,8,10H2,1-4H3. The number of nitrogens with one attached hydrogen (secondary N) is 1. The van der Waals surface area contributed by atoms with Crippen LogP contribution in [-0.4, -0.2) is 6.54 Å². The van der Waals surface area contributed by atoms with E-state index in [1.807, 2.05) is 0 Å². The average Bonchev–Trinajstić information content (AvgIpc) is 2.66. The van der Waals surface area contributed by atoms with Gasteiger partial charge < -0.3 is 9.73 Å². The van der Waals surface area contributed by atoms with E-state index in [9.17, 15) is 0 Å². The van der Waals surface area contributed by atoms with Crippen molar-refractivity contribution in [1.29, 1.82) is 0 Å². The molecule has 1 heterocycles. The Morgan fingerprint density at radius 2 is 2.06 bits per heavy atom. The van der Waals surface area contributed by atoms with E-state index in [0.29, 0.717) is 5.92 Å². The number of benzene rings is 1. The molecule has 0 aliphatic rings. The van der Waals surface area contributed by atoms with Crippen molar-refractivity contribution in [1.82, 2.24) is 5.32 Å². The topological polar surface area (TPSA) is 25.2 Å². The summed E-state index contributed by atoms with van der Waals surface area (Å²) in [7, 11) is 0. The molecule has 0 aliphatic carbocycles. The number of furan rings is 1. The Labute approximate surface area is 109 Å². The summed E-state index contributed by atoms with van der Waals surface area (Å²) in [5.74, 6) is 1.63. The molecule has 0 amide bonds. The molecule has 0 spiro atoms. The lowest BCUT2D eigenvalue weighted by molar-refractivity contribution is 0.510. The zero-order valence-corrected chi connectivity index (χ0v) is 11.8. The first-order chi connectivity index (χ1) is 8.63. The summed E-state index contributed by atoms with van der Waals surface area (Å²) in [4.78, 5) is 0. The molecule has 1 N–H and O–H groups in total. The third-order valence-corrected chi connectivity index (χ3v) is 3.44. The van der Waals surface area contributed by atoms with Crippen molar-refractivity contribution in [3.8, 4) is 0 Å². The molecule has 0 atom stereocenters. The summed E-state index contributed by atoms with van der Waals surface area (Å²) in [6, 6.07) is 6.53. The number of rotatable bonds is 5. The molecule has 1 aromatic heterocycles. The fourth-order valence-corrected chi connectivity index (χ4v) is 2.20. The van der Waals surface area contributed by atoms with Crippen LogP contribution in [0.4, 0.5) is 0 Å². The van der Waals surface area contributed by atoms with Crippen molar-refractivity contribution in [2.75, 3.05) is 6.54 Å². The third kappa shape index (κ3) is 2.59. The first kappa shape index (κ1) is 13.2. The molecule has 2 rings (SSSR count). The normalized spacial score (nSPS) is 11.6. The highest BCUT2D eigenvalue weighted by atomic mass is 16.3. The molecule has 2 nitrogen and oxygen atoms in total. The molecule has 0 radical (unpaired) electrons. The number of hydrogen-bond donors (Lipinski definition) is 1. The summed E-state index contributed by atoms with van der Waals surface area (Å²) in [5, 5.41) is 4.66. The van der Waals surface area contributed by atoms with Crippen LogP contribution in [0.5, 0.6) is 0 Å². The molecular formula is C16H23NO. The minimum atomic E-state index is 0.561. The lowest BCUT2D eigenvalue weighted by Gasteiger charge is -2.04. The monoisotopic (exact) mass is 245 g/mol. The molecule has 0 aliphatic heterocycles. The molecule has 0 saturated carbocycles. The predicted molar refractivity (Wildman–Crippen MR) is 77.0 cm³/mol. The van der Waals surface area contributed by atoms with Gasteiger partial charge in [0, 0.05) is 5.39 Å². The van der Waals surface area contributed by atoms with E-state index in [2.05, 4.69) is 51.2 Å². The minimum absolute atomic E-state index is 0.561. The summed E-state index contributed by atoms with van der Waals surface area (Å²) in [5.41, 5.74) is 3.65. The van der Waals surface area contributed by atoms with Crippen molar-refractivity contribution in [3.05, 3.63) is 35.1 Å². The van der Waals surface area contributed by atoms with Gasteiger partial charge in [0.1, 0.15) is 11.3 Å². The largest absolute Gasteiger partial charge is 0.459 e. The van der Waals surface area contributed by atoms with Gasteiger partial charge in [-0.3, -0.25) is 0 Å². The zero-order chi connectivity index (χ0) is 13.1. The highest BCUT2D eigenvalue weighted by Gasteiger charge is 2.11. The maximum Gasteiger partial charge on any atom is 0.134 e. The molecule has 18 heavy (non-hydrogen) atoms. The molecule has 1 aromatic carbocycles. The van der Waals surface area contributed by atoms with Crippen molar-refractivity contribution in [2.24, 2.45) is 0 Å². The average molecular weight is 245 g/mol. The molecule has 0 unspecified atom stereocenters. The van der Waals surface area contributed by atoms with Crippen molar-refractivity contribution in [2.45, 2.75) is 46.6 Å². The third-order valence-electron chi connectivity index (χ3n) is 3.44. The van der Waals surface area contributed by atoms with Gasteiger partial charge >= 0.3 is 0 Å². The molecule has 0 saturated heterocycles. The van der Waals surface area contributed by atoms with Crippen LogP contribution in [0.2, 0.25) is 0 Å². The van der Waals surface area contributed by atoms with Crippen molar-refractivity contribution >= 4 is 11.0 Å². The van der Waals surface area contributed by atoms with Crippen LogP contribution < -0.4 is 5.32 Å². The van der Waals surface area contributed by atoms with Gasteiger partial charge in [-0.05, 0) is 49.1 Å². The molecule has 0 bridgehead atoms. The highest BCUT2D eigenvalue weighted by Crippen LogP contribution is 2.28. The lowest BCUT2D eigenvalue weighted by atomic mass is 10.0. The first-order valence-electron chi connectivity index (χ1n) is 6.86. The minimum Gasteiger partial charge on any atom is -0.459 e. The van der Waals surface area contributed by atoms with Gasteiger partial charge in [0.15, 0.2) is 0 Å². The van der Waals surface area contributed by atoms with Crippen LogP contribution in [0.1, 0.15) is 50.0 Å². The van der Waals surface area contributed by atoms with Gasteiger partial charge in [-0.15, -0.1) is 0 Å². The number of aryl methyl sites for hydroxylation is 1. The van der Waals surface area contributed by atoms with Crippen LogP contribution in [0, 0.1) is 6.92 Å². The quantitative estimate of drug-likeness (QED) is 0.791. The van der Waals surface area contributed by atoms with E-state index in [4.69, 9.17) is 4.42 Å². The Bertz CT molecular complexity index is 525. The smallest absolute Gasteiger partial charge is 0.134 e. The molecule has 0 fully saturated rings. The van der Waals surface area contributed by atoms with Crippen LogP contribution in [0.15, 0.2) is 22.6 Å². The second-order valence-electron chi connectivity index (χ2n) is 5.24. The SMILES string of the molecule is CCCNCc1oc2ccc(C(C)C)cc2c1C. The van der Waals surface area contributed by atoms with E-state index in [-0.39, 0.29) is 0 Å².